The van der Waals surface area contributed by atoms with E-state index in [1.807, 2.05) is 48.5 Å². The average molecular weight is 499 g/mol. The highest BCUT2D eigenvalue weighted by Gasteiger charge is 2.34. The highest BCUT2D eigenvalue weighted by molar-refractivity contribution is 5.80. The molecule has 0 aromatic heterocycles. The summed E-state index contributed by atoms with van der Waals surface area (Å²) >= 11 is 0. The number of β-amino-alcohol motifs (C(OH)–C–C–N with tert-alkyl or cyclic N) is 1. The lowest BCUT2D eigenvalue weighted by Crippen LogP contribution is -2.38. The van der Waals surface area contributed by atoms with E-state index in [0.717, 1.165) is 35.2 Å². The van der Waals surface area contributed by atoms with Gasteiger partial charge in [0.15, 0.2) is 6.29 Å². The second kappa shape index (κ2) is 12.4. The first-order chi connectivity index (χ1) is 17.4. The van der Waals surface area contributed by atoms with Crippen molar-refractivity contribution in [3.8, 4) is 0 Å². The van der Waals surface area contributed by atoms with Gasteiger partial charge in [-0.2, -0.15) is 0 Å². The molecule has 0 radical (unpaired) electrons. The molecule has 4 N–H and O–H groups in total. The number of aliphatic hydroxyl groups is 2. The maximum absolute atomic E-state index is 11.8. The molecule has 2 aliphatic rings. The number of aliphatic carboxylic acids is 1. The van der Waals surface area contributed by atoms with E-state index < -0.39 is 12.3 Å². The smallest absolute Gasteiger partial charge is 0.303 e. The van der Waals surface area contributed by atoms with Crippen LogP contribution in [0.2, 0.25) is 0 Å². The number of amides is 1. The van der Waals surface area contributed by atoms with Gasteiger partial charge in [-0.1, -0.05) is 48.5 Å². The molecule has 1 amide bonds. The highest BCUT2D eigenvalue weighted by Crippen LogP contribution is 2.38. The van der Waals surface area contributed by atoms with Gasteiger partial charge in [0.25, 0.3) is 0 Å². The Kier molecular flexibility index (Phi) is 9.06. The molecule has 2 aromatic rings. The third-order valence-electron chi connectivity index (χ3n) is 6.63. The van der Waals surface area contributed by atoms with Crippen molar-refractivity contribution in [2.24, 2.45) is 0 Å². The minimum Gasteiger partial charge on any atom is -0.481 e. The quantitative estimate of drug-likeness (QED) is 0.393. The lowest BCUT2D eigenvalue weighted by atomic mass is 9.99. The number of nitrogens with zero attached hydrogens (tertiary/aromatic N) is 1. The minimum absolute atomic E-state index is 0.0101. The molecule has 0 spiro atoms. The number of rotatable bonds is 10. The summed E-state index contributed by atoms with van der Waals surface area (Å²) in [4.78, 5) is 24.6. The molecule has 9 heteroatoms. The van der Waals surface area contributed by atoms with Crippen molar-refractivity contribution in [1.82, 2.24) is 10.2 Å². The van der Waals surface area contributed by atoms with Gasteiger partial charge in [-0.05, 0) is 23.1 Å². The molecule has 4 atom stereocenters. The Morgan fingerprint density at radius 1 is 0.972 bits per heavy atom. The number of carboxylic acid groups (broad SMARTS) is 1. The van der Waals surface area contributed by atoms with E-state index in [1.54, 1.807) is 0 Å². The monoisotopic (exact) mass is 498 g/mol. The van der Waals surface area contributed by atoms with Gasteiger partial charge in [0.05, 0.1) is 31.3 Å². The van der Waals surface area contributed by atoms with Crippen molar-refractivity contribution in [2.45, 2.75) is 63.4 Å². The SMILES string of the molecule is O=C(O)CCC(=O)NCc1ccc(C2OC(CN3CCC(O)C3)CC(c3ccc(CO)cc3)O2)cc1. The molecule has 2 fully saturated rings. The molecule has 9 nitrogen and oxygen atoms in total. The summed E-state index contributed by atoms with van der Waals surface area (Å²) in [6.07, 6.45) is 0.0925. The molecule has 4 unspecified atom stereocenters. The van der Waals surface area contributed by atoms with Crippen LogP contribution in [0.3, 0.4) is 0 Å². The minimum atomic E-state index is -0.996. The predicted octanol–water partition coefficient (Wildman–Crippen LogP) is 2.27. The van der Waals surface area contributed by atoms with E-state index in [2.05, 4.69) is 10.2 Å². The molecule has 4 rings (SSSR count). The predicted molar refractivity (Wildman–Crippen MR) is 131 cm³/mol. The first kappa shape index (κ1) is 26.2. The Morgan fingerprint density at radius 3 is 2.31 bits per heavy atom. The van der Waals surface area contributed by atoms with Crippen LogP contribution in [0.4, 0.5) is 0 Å². The third kappa shape index (κ3) is 7.35. The van der Waals surface area contributed by atoms with Crippen molar-refractivity contribution in [3.05, 3.63) is 70.8 Å². The molecule has 0 saturated carbocycles. The van der Waals surface area contributed by atoms with Crippen LogP contribution in [0.1, 0.15) is 60.3 Å². The molecular formula is C27H34N2O7. The number of carboxylic acids is 1. The number of hydrogen-bond donors (Lipinski definition) is 4. The maximum atomic E-state index is 11.8. The summed E-state index contributed by atoms with van der Waals surface area (Å²) in [6, 6.07) is 15.4. The van der Waals surface area contributed by atoms with E-state index in [-0.39, 0.29) is 43.7 Å². The van der Waals surface area contributed by atoms with E-state index in [1.165, 1.54) is 0 Å². The summed E-state index contributed by atoms with van der Waals surface area (Å²) in [5, 5.41) is 30.7. The molecule has 2 saturated heterocycles. The van der Waals surface area contributed by atoms with Crippen LogP contribution in [0.15, 0.2) is 48.5 Å². The Balaban J connectivity index is 1.42. The maximum Gasteiger partial charge on any atom is 0.303 e. The Hall–Kier alpha value is -2.82. The van der Waals surface area contributed by atoms with E-state index in [4.69, 9.17) is 14.6 Å². The van der Waals surface area contributed by atoms with Gasteiger partial charge < -0.3 is 30.1 Å². The molecule has 36 heavy (non-hydrogen) atoms. The molecular weight excluding hydrogens is 464 g/mol. The van der Waals surface area contributed by atoms with Gasteiger partial charge in [-0.15, -0.1) is 0 Å². The summed E-state index contributed by atoms with van der Waals surface area (Å²) in [7, 11) is 0. The number of likely N-dealkylation sites (tertiary alicyclic amines) is 1. The first-order valence-electron chi connectivity index (χ1n) is 12.4. The number of aliphatic hydroxyl groups excluding tert-OH is 2. The molecule has 0 aliphatic carbocycles. The van der Waals surface area contributed by atoms with Crippen molar-refractivity contribution in [3.63, 3.8) is 0 Å². The topological polar surface area (TPSA) is 129 Å². The van der Waals surface area contributed by atoms with Crippen molar-refractivity contribution >= 4 is 11.9 Å². The van der Waals surface area contributed by atoms with E-state index in [9.17, 15) is 19.8 Å². The molecule has 2 aromatic carbocycles. The summed E-state index contributed by atoms with van der Waals surface area (Å²) in [5.41, 5.74) is 3.61. The zero-order chi connectivity index (χ0) is 25.5. The van der Waals surface area contributed by atoms with Crippen LogP contribution in [0.25, 0.3) is 0 Å². The van der Waals surface area contributed by atoms with Crippen LogP contribution >= 0.6 is 0 Å². The van der Waals surface area contributed by atoms with Crippen LogP contribution < -0.4 is 5.32 Å². The van der Waals surface area contributed by atoms with Gasteiger partial charge in [0.1, 0.15) is 0 Å². The largest absolute Gasteiger partial charge is 0.481 e. The van der Waals surface area contributed by atoms with Crippen LogP contribution in [-0.4, -0.2) is 63.9 Å². The zero-order valence-electron chi connectivity index (χ0n) is 20.2. The fourth-order valence-corrected chi connectivity index (χ4v) is 4.60. The fourth-order valence-electron chi connectivity index (χ4n) is 4.60. The molecule has 0 bridgehead atoms. The number of nitrogens with one attached hydrogen (secondary N) is 1. The lowest BCUT2D eigenvalue weighted by Gasteiger charge is -2.37. The lowest BCUT2D eigenvalue weighted by molar-refractivity contribution is -0.252. The Labute approximate surface area is 210 Å². The first-order valence-corrected chi connectivity index (χ1v) is 12.4. The Bertz CT molecular complexity index is 1010. The third-order valence-corrected chi connectivity index (χ3v) is 6.63. The number of benzene rings is 2. The van der Waals surface area contributed by atoms with Crippen LogP contribution in [0.5, 0.6) is 0 Å². The number of ether oxygens (including phenoxy) is 2. The second-order valence-electron chi connectivity index (χ2n) is 9.46. The van der Waals surface area contributed by atoms with Crippen LogP contribution in [-0.2, 0) is 32.2 Å². The highest BCUT2D eigenvalue weighted by atomic mass is 16.7. The van der Waals surface area contributed by atoms with Gasteiger partial charge in [0, 0.05) is 44.6 Å². The summed E-state index contributed by atoms with van der Waals surface area (Å²) < 4.78 is 12.7. The van der Waals surface area contributed by atoms with Crippen LogP contribution in [0, 0.1) is 0 Å². The molecule has 194 valence electrons. The molecule has 2 heterocycles. The van der Waals surface area contributed by atoms with Gasteiger partial charge in [0.2, 0.25) is 5.91 Å². The average Bonchev–Trinajstić information content (AvgIpc) is 3.30. The van der Waals surface area contributed by atoms with E-state index >= 15 is 0 Å². The molecule has 2 aliphatic heterocycles. The summed E-state index contributed by atoms with van der Waals surface area (Å²) in [6.45, 7) is 2.50. The van der Waals surface area contributed by atoms with Crippen molar-refractivity contribution < 1.29 is 34.4 Å². The van der Waals surface area contributed by atoms with Crippen molar-refractivity contribution in [2.75, 3.05) is 19.6 Å². The van der Waals surface area contributed by atoms with Gasteiger partial charge in [-0.25, -0.2) is 0 Å². The number of hydrogen-bond acceptors (Lipinski definition) is 7. The standard InChI is InChI=1S/C27H34N2O7/c30-17-19-3-5-20(6-4-19)24-13-23(16-29-12-11-22(31)15-29)35-27(36-24)21-7-1-18(2-8-21)14-28-25(32)9-10-26(33)34/h1-8,22-24,27,30-31H,9-17H2,(H,28,32)(H,33,34). The second-order valence-corrected chi connectivity index (χ2v) is 9.46. The van der Waals surface area contributed by atoms with Crippen molar-refractivity contribution in [1.29, 1.82) is 0 Å². The van der Waals surface area contributed by atoms with Gasteiger partial charge >= 0.3 is 5.97 Å². The zero-order valence-corrected chi connectivity index (χ0v) is 20.2. The summed E-state index contributed by atoms with van der Waals surface area (Å²) in [5.74, 6) is -1.30. The Morgan fingerprint density at radius 2 is 1.67 bits per heavy atom. The number of carbonyl (C=O) groups excluding carboxylic acids is 1. The van der Waals surface area contributed by atoms with Gasteiger partial charge in [-0.3, -0.25) is 14.5 Å². The number of carbonyl (C=O) groups is 2. The fraction of sp³-hybridized carbons (Fsp3) is 0.481. The normalized spacial score (nSPS) is 24.5. The van der Waals surface area contributed by atoms with E-state index in [0.29, 0.717) is 26.1 Å².